The molecule has 1 atom stereocenters. The second-order valence-electron chi connectivity index (χ2n) is 6.17. The highest BCUT2D eigenvalue weighted by atomic mass is 16.5. The lowest BCUT2D eigenvalue weighted by molar-refractivity contribution is -0.140. The third kappa shape index (κ3) is 2.14. The number of carbonyl (C=O) groups excluding carboxylic acids is 1. The van der Waals surface area contributed by atoms with Crippen LogP contribution in [0.3, 0.4) is 0 Å². The van der Waals surface area contributed by atoms with Crippen LogP contribution in [-0.2, 0) is 22.4 Å². The van der Waals surface area contributed by atoms with Crippen LogP contribution in [0.5, 0.6) is 0 Å². The van der Waals surface area contributed by atoms with E-state index in [0.29, 0.717) is 5.92 Å². The maximum absolute atomic E-state index is 12.4. The van der Waals surface area contributed by atoms with E-state index in [-0.39, 0.29) is 12.0 Å². The van der Waals surface area contributed by atoms with E-state index in [1.807, 2.05) is 4.90 Å². The van der Waals surface area contributed by atoms with Gasteiger partial charge >= 0.3 is 0 Å². The van der Waals surface area contributed by atoms with Gasteiger partial charge in [0.15, 0.2) is 0 Å². The van der Waals surface area contributed by atoms with E-state index in [0.717, 1.165) is 45.4 Å². The number of H-pyrrole nitrogens is 1. The largest absolute Gasteiger partial charge is 0.368 e. The topological polar surface area (TPSA) is 58.2 Å². The number of aromatic amines is 1. The molecule has 0 bridgehead atoms. The average molecular weight is 275 g/mol. The first-order valence-electron chi connectivity index (χ1n) is 7.79. The number of nitrogens with one attached hydrogen (secondary N) is 1. The number of ether oxygens (including phenoxy) is 1. The molecule has 0 radical (unpaired) electrons. The van der Waals surface area contributed by atoms with Crippen molar-refractivity contribution in [2.75, 3.05) is 19.7 Å². The van der Waals surface area contributed by atoms with Gasteiger partial charge < -0.3 is 9.64 Å². The van der Waals surface area contributed by atoms with Crippen molar-refractivity contribution < 1.29 is 9.53 Å². The zero-order chi connectivity index (χ0) is 13.5. The van der Waals surface area contributed by atoms with E-state index in [1.165, 1.54) is 29.8 Å². The van der Waals surface area contributed by atoms with Gasteiger partial charge in [0, 0.05) is 37.7 Å². The Bertz CT molecular complexity index is 515. The lowest BCUT2D eigenvalue weighted by atomic mass is 10.1. The molecule has 1 saturated carbocycles. The predicted octanol–water partition coefficient (Wildman–Crippen LogP) is 1.39. The zero-order valence-corrected chi connectivity index (χ0v) is 11.7. The molecule has 1 aromatic rings. The summed E-state index contributed by atoms with van der Waals surface area (Å²) >= 11 is 0. The molecule has 0 unspecified atom stereocenters. The number of fused-ring (bicyclic) bond motifs is 1. The number of rotatable bonds is 2. The third-order valence-corrected chi connectivity index (χ3v) is 4.73. The highest BCUT2D eigenvalue weighted by Gasteiger charge is 2.33. The van der Waals surface area contributed by atoms with Gasteiger partial charge in [-0.25, -0.2) is 0 Å². The molecule has 1 aromatic heterocycles. The van der Waals surface area contributed by atoms with E-state index in [1.54, 1.807) is 0 Å². The molecule has 1 amide bonds. The molecule has 5 nitrogen and oxygen atoms in total. The molecule has 1 N–H and O–H groups in total. The molecule has 2 fully saturated rings. The maximum atomic E-state index is 12.4. The number of amides is 1. The molecule has 1 saturated heterocycles. The summed E-state index contributed by atoms with van der Waals surface area (Å²) in [6.07, 6.45) is 6.09. The van der Waals surface area contributed by atoms with Crippen LogP contribution in [0.4, 0.5) is 0 Å². The lowest BCUT2D eigenvalue weighted by Crippen LogP contribution is -2.40. The SMILES string of the molecule is O=C([C@H]1CCCO1)N1CCc2[nH]nc(C3CC3)c2CC1. The van der Waals surface area contributed by atoms with Gasteiger partial charge in [-0.2, -0.15) is 5.10 Å². The van der Waals surface area contributed by atoms with Gasteiger partial charge in [0.2, 0.25) is 0 Å². The third-order valence-electron chi connectivity index (χ3n) is 4.73. The molecule has 3 aliphatic rings. The Hall–Kier alpha value is -1.36. The lowest BCUT2D eigenvalue weighted by Gasteiger charge is -2.23. The Labute approximate surface area is 118 Å². The summed E-state index contributed by atoms with van der Waals surface area (Å²) < 4.78 is 5.53. The second-order valence-corrected chi connectivity index (χ2v) is 6.17. The van der Waals surface area contributed by atoms with Crippen LogP contribution in [0.15, 0.2) is 0 Å². The van der Waals surface area contributed by atoms with Crippen LogP contribution in [0, 0.1) is 0 Å². The number of hydrogen-bond acceptors (Lipinski definition) is 3. The van der Waals surface area contributed by atoms with Gasteiger partial charge in [0.25, 0.3) is 5.91 Å². The Kier molecular flexibility index (Phi) is 3.02. The van der Waals surface area contributed by atoms with E-state index in [9.17, 15) is 4.79 Å². The second kappa shape index (κ2) is 4.88. The molecule has 5 heteroatoms. The highest BCUT2D eigenvalue weighted by molar-refractivity contribution is 5.81. The molecular weight excluding hydrogens is 254 g/mol. The fraction of sp³-hybridized carbons (Fsp3) is 0.733. The Morgan fingerprint density at radius 1 is 1.25 bits per heavy atom. The van der Waals surface area contributed by atoms with Gasteiger partial charge in [0.05, 0.1) is 5.69 Å². The van der Waals surface area contributed by atoms with E-state index in [4.69, 9.17) is 4.74 Å². The van der Waals surface area contributed by atoms with Crippen molar-refractivity contribution in [2.45, 2.75) is 50.5 Å². The Balaban J connectivity index is 1.47. The van der Waals surface area contributed by atoms with Crippen molar-refractivity contribution in [1.82, 2.24) is 15.1 Å². The van der Waals surface area contributed by atoms with Crippen molar-refractivity contribution >= 4 is 5.91 Å². The molecule has 3 heterocycles. The summed E-state index contributed by atoms with van der Waals surface area (Å²) in [6, 6.07) is 0. The molecule has 20 heavy (non-hydrogen) atoms. The summed E-state index contributed by atoms with van der Waals surface area (Å²) in [5, 5.41) is 7.69. The van der Waals surface area contributed by atoms with Gasteiger partial charge in [-0.05, 0) is 37.7 Å². The average Bonchev–Trinajstić information content (AvgIpc) is 3.07. The van der Waals surface area contributed by atoms with Crippen molar-refractivity contribution in [1.29, 1.82) is 0 Å². The van der Waals surface area contributed by atoms with Crippen molar-refractivity contribution in [3.05, 3.63) is 17.0 Å². The van der Waals surface area contributed by atoms with Gasteiger partial charge in [-0.3, -0.25) is 9.89 Å². The number of nitrogens with zero attached hydrogens (tertiary/aromatic N) is 2. The van der Waals surface area contributed by atoms with Crippen LogP contribution >= 0.6 is 0 Å². The van der Waals surface area contributed by atoms with Crippen molar-refractivity contribution in [2.24, 2.45) is 0 Å². The number of carbonyl (C=O) groups is 1. The van der Waals surface area contributed by atoms with Gasteiger partial charge in [-0.15, -0.1) is 0 Å². The molecular formula is C15H21N3O2. The summed E-state index contributed by atoms with van der Waals surface area (Å²) in [4.78, 5) is 14.4. The van der Waals surface area contributed by atoms with Crippen LogP contribution in [0.25, 0.3) is 0 Å². The summed E-state index contributed by atoms with van der Waals surface area (Å²) in [7, 11) is 0. The minimum absolute atomic E-state index is 0.188. The first-order valence-corrected chi connectivity index (χ1v) is 7.79. The molecule has 1 aliphatic carbocycles. The smallest absolute Gasteiger partial charge is 0.251 e. The standard InChI is InChI=1S/C15H21N3O2/c19-15(13-2-1-9-20-13)18-7-5-11-12(6-8-18)16-17-14(11)10-3-4-10/h10,13H,1-9H2,(H,16,17)/t13-/m1/s1. The van der Waals surface area contributed by atoms with E-state index >= 15 is 0 Å². The normalized spacial score (nSPS) is 26.4. The fourth-order valence-electron chi connectivity index (χ4n) is 3.40. The fourth-order valence-corrected chi connectivity index (χ4v) is 3.40. The van der Waals surface area contributed by atoms with Crippen LogP contribution in [-0.4, -0.2) is 46.8 Å². The monoisotopic (exact) mass is 275 g/mol. The van der Waals surface area contributed by atoms with Crippen molar-refractivity contribution in [3.8, 4) is 0 Å². The Morgan fingerprint density at radius 2 is 2.10 bits per heavy atom. The van der Waals surface area contributed by atoms with E-state index < -0.39 is 0 Å². The summed E-state index contributed by atoms with van der Waals surface area (Å²) in [5.41, 5.74) is 3.90. The predicted molar refractivity (Wildman–Crippen MR) is 73.5 cm³/mol. The minimum Gasteiger partial charge on any atom is -0.368 e. The number of aromatic nitrogens is 2. The quantitative estimate of drug-likeness (QED) is 0.887. The van der Waals surface area contributed by atoms with E-state index in [2.05, 4.69) is 10.2 Å². The molecule has 0 aromatic carbocycles. The van der Waals surface area contributed by atoms with Gasteiger partial charge in [0.1, 0.15) is 6.10 Å². The van der Waals surface area contributed by atoms with Crippen LogP contribution in [0.1, 0.15) is 48.6 Å². The molecule has 0 spiro atoms. The van der Waals surface area contributed by atoms with Gasteiger partial charge in [-0.1, -0.05) is 0 Å². The molecule has 4 rings (SSSR count). The maximum Gasteiger partial charge on any atom is 0.251 e. The minimum atomic E-state index is -0.188. The van der Waals surface area contributed by atoms with Crippen LogP contribution < -0.4 is 0 Å². The van der Waals surface area contributed by atoms with Crippen molar-refractivity contribution in [3.63, 3.8) is 0 Å². The molecule has 108 valence electrons. The summed E-state index contributed by atoms with van der Waals surface area (Å²) in [5.74, 6) is 0.865. The highest BCUT2D eigenvalue weighted by Crippen LogP contribution is 2.41. The first-order chi connectivity index (χ1) is 9.83. The molecule has 2 aliphatic heterocycles. The zero-order valence-electron chi connectivity index (χ0n) is 11.7. The summed E-state index contributed by atoms with van der Waals surface area (Å²) in [6.45, 7) is 2.34. The Morgan fingerprint density at radius 3 is 2.85 bits per heavy atom. The number of hydrogen-bond donors (Lipinski definition) is 1. The first kappa shape index (κ1) is 12.4. The van der Waals surface area contributed by atoms with Crippen LogP contribution in [0.2, 0.25) is 0 Å².